The Balaban J connectivity index is 2.22. The fourth-order valence-corrected chi connectivity index (χ4v) is 2.11. The van der Waals surface area contributed by atoms with Crippen molar-refractivity contribution in [2.75, 3.05) is 7.11 Å². The number of carbonyl (C=O) groups is 2. The molecular formula is C14H16O4. The van der Waals surface area contributed by atoms with Crippen LogP contribution in [0.3, 0.4) is 0 Å². The number of esters is 1. The number of methoxy groups -OCH3 is 1. The van der Waals surface area contributed by atoms with Gasteiger partial charge in [-0.2, -0.15) is 0 Å². The van der Waals surface area contributed by atoms with Crippen molar-refractivity contribution in [2.24, 2.45) is 5.92 Å². The number of carbonyl (C=O) groups excluding carboxylic acids is 2. The summed E-state index contributed by atoms with van der Waals surface area (Å²) in [6.45, 7) is 3.54. The molecule has 1 aliphatic rings. The lowest BCUT2D eigenvalue weighted by Gasteiger charge is -2.11. The van der Waals surface area contributed by atoms with Gasteiger partial charge in [-0.3, -0.25) is 9.59 Å². The second-order valence-corrected chi connectivity index (χ2v) is 4.63. The van der Waals surface area contributed by atoms with Crippen LogP contribution in [0.25, 0.3) is 0 Å². The SMILES string of the molecule is COc1ccc2c(c1)CC(C(=O)OC(C)C)C2=O. The van der Waals surface area contributed by atoms with Gasteiger partial charge in [0.2, 0.25) is 0 Å². The molecule has 1 aromatic rings. The number of ketones is 1. The fourth-order valence-electron chi connectivity index (χ4n) is 2.11. The van der Waals surface area contributed by atoms with Crippen LogP contribution in [-0.2, 0) is 16.0 Å². The quantitative estimate of drug-likeness (QED) is 0.606. The van der Waals surface area contributed by atoms with Crippen molar-refractivity contribution in [1.29, 1.82) is 0 Å². The van der Waals surface area contributed by atoms with Gasteiger partial charge in [0.1, 0.15) is 11.7 Å². The third kappa shape index (κ3) is 2.23. The minimum Gasteiger partial charge on any atom is -0.497 e. The molecule has 18 heavy (non-hydrogen) atoms. The zero-order valence-electron chi connectivity index (χ0n) is 10.7. The minimum atomic E-state index is -0.700. The summed E-state index contributed by atoms with van der Waals surface area (Å²) in [5, 5.41) is 0. The largest absolute Gasteiger partial charge is 0.497 e. The van der Waals surface area contributed by atoms with Crippen LogP contribution in [0.5, 0.6) is 5.75 Å². The molecule has 96 valence electrons. The number of Topliss-reactive ketones (excluding diaryl/α,β-unsaturated/α-hetero) is 1. The molecular weight excluding hydrogens is 232 g/mol. The minimum absolute atomic E-state index is 0.154. The summed E-state index contributed by atoms with van der Waals surface area (Å²) < 4.78 is 10.2. The van der Waals surface area contributed by atoms with Crippen LogP contribution in [0.15, 0.2) is 18.2 Å². The maximum absolute atomic E-state index is 12.1. The third-order valence-corrected chi connectivity index (χ3v) is 2.95. The first kappa shape index (κ1) is 12.6. The van der Waals surface area contributed by atoms with Crippen LogP contribution in [-0.4, -0.2) is 25.0 Å². The van der Waals surface area contributed by atoms with Gasteiger partial charge < -0.3 is 9.47 Å². The Bertz CT molecular complexity index is 491. The van der Waals surface area contributed by atoms with Gasteiger partial charge in [-0.25, -0.2) is 0 Å². The third-order valence-electron chi connectivity index (χ3n) is 2.95. The van der Waals surface area contributed by atoms with Gasteiger partial charge in [0.15, 0.2) is 5.78 Å². The molecule has 2 rings (SSSR count). The molecule has 1 atom stereocenters. The Morgan fingerprint density at radius 2 is 2.11 bits per heavy atom. The second kappa shape index (κ2) is 4.80. The first-order chi connectivity index (χ1) is 8.52. The van der Waals surface area contributed by atoms with E-state index in [4.69, 9.17) is 9.47 Å². The lowest BCUT2D eigenvalue weighted by Crippen LogP contribution is -2.25. The molecule has 1 unspecified atom stereocenters. The first-order valence-corrected chi connectivity index (χ1v) is 5.94. The van der Waals surface area contributed by atoms with E-state index in [-0.39, 0.29) is 11.9 Å². The summed E-state index contributed by atoms with van der Waals surface area (Å²) in [5.41, 5.74) is 1.45. The summed E-state index contributed by atoms with van der Waals surface area (Å²) in [6.07, 6.45) is 0.195. The van der Waals surface area contributed by atoms with Gasteiger partial charge in [-0.15, -0.1) is 0 Å². The molecule has 0 spiro atoms. The molecule has 1 aliphatic carbocycles. The molecule has 0 radical (unpaired) electrons. The molecule has 0 aliphatic heterocycles. The Morgan fingerprint density at radius 1 is 1.39 bits per heavy atom. The van der Waals surface area contributed by atoms with Crippen molar-refractivity contribution in [1.82, 2.24) is 0 Å². The average molecular weight is 248 g/mol. The zero-order valence-corrected chi connectivity index (χ0v) is 10.7. The molecule has 0 fully saturated rings. The zero-order chi connectivity index (χ0) is 13.3. The second-order valence-electron chi connectivity index (χ2n) is 4.63. The van der Waals surface area contributed by atoms with Crippen molar-refractivity contribution >= 4 is 11.8 Å². The molecule has 0 heterocycles. The van der Waals surface area contributed by atoms with Crippen LogP contribution in [0.1, 0.15) is 29.8 Å². The standard InChI is InChI=1S/C14H16O4/c1-8(2)18-14(16)12-7-9-6-10(17-3)4-5-11(9)13(12)15/h4-6,8,12H,7H2,1-3H3. The van der Waals surface area contributed by atoms with E-state index in [1.807, 2.05) is 0 Å². The molecule has 0 aromatic heterocycles. The smallest absolute Gasteiger partial charge is 0.317 e. The van der Waals surface area contributed by atoms with Crippen LogP contribution in [0.4, 0.5) is 0 Å². The van der Waals surface area contributed by atoms with Crippen molar-refractivity contribution in [3.05, 3.63) is 29.3 Å². The molecule has 0 saturated carbocycles. The molecule has 4 nitrogen and oxygen atoms in total. The van der Waals surface area contributed by atoms with E-state index in [1.54, 1.807) is 39.2 Å². The topological polar surface area (TPSA) is 52.6 Å². The van der Waals surface area contributed by atoms with Crippen molar-refractivity contribution < 1.29 is 19.1 Å². The van der Waals surface area contributed by atoms with Crippen LogP contribution in [0, 0.1) is 5.92 Å². The maximum atomic E-state index is 12.1. The lowest BCUT2D eigenvalue weighted by molar-refractivity contribution is -0.150. The van der Waals surface area contributed by atoms with E-state index in [0.717, 1.165) is 5.56 Å². The van der Waals surface area contributed by atoms with Gasteiger partial charge in [-0.05, 0) is 44.0 Å². The number of hydrogen-bond acceptors (Lipinski definition) is 4. The number of benzene rings is 1. The van der Waals surface area contributed by atoms with E-state index in [0.29, 0.717) is 17.7 Å². The van der Waals surface area contributed by atoms with Gasteiger partial charge in [0, 0.05) is 5.56 Å². The highest BCUT2D eigenvalue weighted by molar-refractivity contribution is 6.12. The van der Waals surface area contributed by atoms with E-state index in [1.165, 1.54) is 0 Å². The highest BCUT2D eigenvalue weighted by Gasteiger charge is 2.37. The maximum Gasteiger partial charge on any atom is 0.317 e. The predicted molar refractivity (Wildman–Crippen MR) is 65.7 cm³/mol. The van der Waals surface area contributed by atoms with Gasteiger partial charge >= 0.3 is 5.97 Å². The van der Waals surface area contributed by atoms with Crippen LogP contribution in [0.2, 0.25) is 0 Å². The summed E-state index contributed by atoms with van der Waals surface area (Å²) in [4.78, 5) is 23.9. The molecule has 0 saturated heterocycles. The highest BCUT2D eigenvalue weighted by Crippen LogP contribution is 2.30. The van der Waals surface area contributed by atoms with E-state index in [9.17, 15) is 9.59 Å². The summed E-state index contributed by atoms with van der Waals surface area (Å²) in [5.74, 6) is -0.600. The first-order valence-electron chi connectivity index (χ1n) is 5.94. The van der Waals surface area contributed by atoms with Gasteiger partial charge in [0.25, 0.3) is 0 Å². The molecule has 0 amide bonds. The van der Waals surface area contributed by atoms with E-state index < -0.39 is 11.9 Å². The van der Waals surface area contributed by atoms with E-state index >= 15 is 0 Å². The number of rotatable bonds is 3. The predicted octanol–water partition coefficient (Wildman–Crippen LogP) is 2.00. The average Bonchev–Trinajstić information content (AvgIpc) is 2.65. The Kier molecular flexibility index (Phi) is 3.36. The number of ether oxygens (including phenoxy) is 2. The Morgan fingerprint density at radius 3 is 2.72 bits per heavy atom. The summed E-state index contributed by atoms with van der Waals surface area (Å²) in [7, 11) is 1.57. The highest BCUT2D eigenvalue weighted by atomic mass is 16.5. The van der Waals surface area contributed by atoms with Gasteiger partial charge in [-0.1, -0.05) is 0 Å². The number of hydrogen-bond donors (Lipinski definition) is 0. The van der Waals surface area contributed by atoms with Gasteiger partial charge in [0.05, 0.1) is 13.2 Å². The monoisotopic (exact) mass is 248 g/mol. The van der Waals surface area contributed by atoms with Crippen molar-refractivity contribution in [3.8, 4) is 5.75 Å². The van der Waals surface area contributed by atoms with E-state index in [2.05, 4.69) is 0 Å². The van der Waals surface area contributed by atoms with Crippen LogP contribution < -0.4 is 4.74 Å². The normalized spacial score (nSPS) is 17.8. The fraction of sp³-hybridized carbons (Fsp3) is 0.429. The molecule has 1 aromatic carbocycles. The lowest BCUT2D eigenvalue weighted by atomic mass is 10.1. The van der Waals surface area contributed by atoms with Crippen LogP contribution >= 0.6 is 0 Å². The summed E-state index contributed by atoms with van der Waals surface area (Å²) >= 11 is 0. The molecule has 0 bridgehead atoms. The Hall–Kier alpha value is -1.84. The number of fused-ring (bicyclic) bond motifs is 1. The molecule has 0 N–H and O–H groups in total. The summed E-state index contributed by atoms with van der Waals surface area (Å²) in [6, 6.07) is 5.24. The Labute approximate surface area is 106 Å². The van der Waals surface area contributed by atoms with Crippen molar-refractivity contribution in [2.45, 2.75) is 26.4 Å². The van der Waals surface area contributed by atoms with Crippen molar-refractivity contribution in [3.63, 3.8) is 0 Å². The molecule has 4 heteroatoms.